The van der Waals surface area contributed by atoms with Crippen LogP contribution >= 0.6 is 0 Å². The molecule has 0 aliphatic heterocycles. The van der Waals surface area contributed by atoms with Crippen LogP contribution in [0.15, 0.2) is 24.3 Å². The topological polar surface area (TPSA) is 53.0 Å². The molecule has 0 aliphatic rings. The van der Waals surface area contributed by atoms with E-state index in [0.29, 0.717) is 6.54 Å². The number of nitrogens with zero attached hydrogens (tertiary/aromatic N) is 2. The predicted octanol–water partition coefficient (Wildman–Crippen LogP) is 1.31. The largest absolute Gasteiger partial charge is 0.452 e. The molecule has 0 saturated heterocycles. The fourth-order valence-corrected chi connectivity index (χ4v) is 1.52. The fraction of sp³-hybridized carbons (Fsp3) is 0.462. The molecule has 1 aromatic carbocycles. The minimum atomic E-state index is -0.381. The molecule has 5 heteroatoms. The van der Waals surface area contributed by atoms with E-state index in [0.717, 1.165) is 17.8 Å². The van der Waals surface area contributed by atoms with E-state index < -0.39 is 0 Å². The number of methoxy groups -OCH3 is 1. The Morgan fingerprint density at radius 1 is 1.22 bits per heavy atom. The van der Waals surface area contributed by atoms with E-state index >= 15 is 0 Å². The van der Waals surface area contributed by atoms with Gasteiger partial charge in [-0.25, -0.2) is 4.79 Å². The highest BCUT2D eigenvalue weighted by Crippen LogP contribution is 2.16. The molecule has 1 rings (SSSR count). The van der Waals surface area contributed by atoms with Crippen LogP contribution in [0.4, 0.5) is 10.5 Å². The van der Waals surface area contributed by atoms with Crippen LogP contribution in [0, 0.1) is 0 Å². The average Bonchev–Trinajstić information content (AvgIpc) is 2.39. The molecule has 5 nitrogen and oxygen atoms in total. The molecule has 1 amide bonds. The Morgan fingerprint density at radius 2 is 1.83 bits per heavy atom. The highest BCUT2D eigenvalue weighted by molar-refractivity contribution is 5.87. The molecule has 1 aromatic rings. The zero-order valence-electron chi connectivity index (χ0n) is 11.1. The van der Waals surface area contributed by atoms with Crippen LogP contribution in [0.25, 0.3) is 0 Å². The molecular weight excluding hydrogens is 232 g/mol. The van der Waals surface area contributed by atoms with E-state index in [-0.39, 0.29) is 12.7 Å². The number of rotatable bonds is 5. The van der Waals surface area contributed by atoms with E-state index in [2.05, 4.69) is 0 Å². The smallest absolute Gasteiger partial charge is 0.414 e. The zero-order valence-corrected chi connectivity index (χ0v) is 11.1. The summed E-state index contributed by atoms with van der Waals surface area (Å²) in [5.74, 6) is 0. The number of hydrogen-bond acceptors (Lipinski definition) is 4. The van der Waals surface area contributed by atoms with E-state index in [1.54, 1.807) is 29.2 Å². The standard InChI is InChI=1S/C13H20N2O3/c1-14(2)8-9-15(13(17)18-3)12-6-4-11(10-16)5-7-12/h4-7,16H,8-10H2,1-3H3. The third-order valence-electron chi connectivity index (χ3n) is 2.60. The van der Waals surface area contributed by atoms with Crippen LogP contribution in [0.1, 0.15) is 5.56 Å². The van der Waals surface area contributed by atoms with Crippen LogP contribution in [-0.4, -0.2) is 50.4 Å². The molecule has 0 heterocycles. The Labute approximate surface area is 108 Å². The summed E-state index contributed by atoms with van der Waals surface area (Å²) in [6, 6.07) is 7.19. The van der Waals surface area contributed by atoms with Crippen molar-refractivity contribution in [2.75, 3.05) is 39.2 Å². The molecule has 0 unspecified atom stereocenters. The van der Waals surface area contributed by atoms with Crippen LogP contribution in [0.5, 0.6) is 0 Å². The van der Waals surface area contributed by atoms with Gasteiger partial charge < -0.3 is 14.7 Å². The number of carbonyl (C=O) groups is 1. The first-order valence-electron chi connectivity index (χ1n) is 5.78. The number of carbonyl (C=O) groups excluding carboxylic acids is 1. The Balaban J connectivity index is 2.83. The molecule has 0 saturated carbocycles. The van der Waals surface area contributed by atoms with Crippen molar-refractivity contribution < 1.29 is 14.6 Å². The van der Waals surface area contributed by atoms with Crippen molar-refractivity contribution in [2.24, 2.45) is 0 Å². The summed E-state index contributed by atoms with van der Waals surface area (Å²) in [6.07, 6.45) is -0.381. The summed E-state index contributed by atoms with van der Waals surface area (Å²) in [5, 5.41) is 8.99. The molecule has 0 fully saturated rings. The molecule has 0 radical (unpaired) electrons. The van der Waals surface area contributed by atoms with E-state index in [1.165, 1.54) is 7.11 Å². The van der Waals surface area contributed by atoms with Crippen molar-refractivity contribution in [2.45, 2.75) is 6.61 Å². The zero-order chi connectivity index (χ0) is 13.5. The van der Waals surface area contributed by atoms with Gasteiger partial charge in [0.25, 0.3) is 0 Å². The molecule has 0 bridgehead atoms. The molecule has 100 valence electrons. The number of aliphatic hydroxyl groups excluding tert-OH is 1. The van der Waals surface area contributed by atoms with Gasteiger partial charge in [0.2, 0.25) is 0 Å². The van der Waals surface area contributed by atoms with Crippen LogP contribution < -0.4 is 4.90 Å². The predicted molar refractivity (Wildman–Crippen MR) is 70.7 cm³/mol. The van der Waals surface area contributed by atoms with Gasteiger partial charge in [0, 0.05) is 18.8 Å². The molecular formula is C13H20N2O3. The number of benzene rings is 1. The van der Waals surface area contributed by atoms with Gasteiger partial charge in [-0.15, -0.1) is 0 Å². The lowest BCUT2D eigenvalue weighted by Gasteiger charge is -2.23. The Morgan fingerprint density at radius 3 is 2.28 bits per heavy atom. The lowest BCUT2D eigenvalue weighted by atomic mass is 10.2. The van der Waals surface area contributed by atoms with Crippen molar-refractivity contribution in [1.29, 1.82) is 0 Å². The van der Waals surface area contributed by atoms with Gasteiger partial charge >= 0.3 is 6.09 Å². The molecule has 0 aliphatic carbocycles. The second kappa shape index (κ2) is 6.98. The maximum absolute atomic E-state index is 11.7. The van der Waals surface area contributed by atoms with Gasteiger partial charge in [0.05, 0.1) is 13.7 Å². The van der Waals surface area contributed by atoms with Gasteiger partial charge in [-0.3, -0.25) is 4.90 Å². The first kappa shape index (κ1) is 14.5. The van der Waals surface area contributed by atoms with Gasteiger partial charge in [0.1, 0.15) is 0 Å². The summed E-state index contributed by atoms with van der Waals surface area (Å²) >= 11 is 0. The van der Waals surface area contributed by atoms with Gasteiger partial charge in [-0.05, 0) is 31.8 Å². The van der Waals surface area contributed by atoms with Gasteiger partial charge in [-0.2, -0.15) is 0 Å². The van der Waals surface area contributed by atoms with Crippen molar-refractivity contribution in [1.82, 2.24) is 4.90 Å². The Kier molecular flexibility index (Phi) is 5.61. The summed E-state index contributed by atoms with van der Waals surface area (Å²) in [5.41, 5.74) is 1.58. The highest BCUT2D eigenvalue weighted by Gasteiger charge is 2.15. The summed E-state index contributed by atoms with van der Waals surface area (Å²) < 4.78 is 4.77. The number of amides is 1. The van der Waals surface area contributed by atoms with Crippen LogP contribution in [-0.2, 0) is 11.3 Å². The molecule has 0 atom stereocenters. The maximum atomic E-state index is 11.7. The second-order valence-corrected chi connectivity index (χ2v) is 4.25. The minimum absolute atomic E-state index is 0.00377. The summed E-state index contributed by atoms with van der Waals surface area (Å²) in [7, 11) is 5.27. The molecule has 18 heavy (non-hydrogen) atoms. The second-order valence-electron chi connectivity index (χ2n) is 4.25. The van der Waals surface area contributed by atoms with Gasteiger partial charge in [-0.1, -0.05) is 12.1 Å². The first-order chi connectivity index (χ1) is 8.58. The lowest BCUT2D eigenvalue weighted by Crippen LogP contribution is -2.36. The van der Waals surface area contributed by atoms with E-state index in [4.69, 9.17) is 9.84 Å². The first-order valence-corrected chi connectivity index (χ1v) is 5.78. The van der Waals surface area contributed by atoms with Crippen LogP contribution in [0.3, 0.4) is 0 Å². The third-order valence-corrected chi connectivity index (χ3v) is 2.60. The number of aliphatic hydroxyl groups is 1. The van der Waals surface area contributed by atoms with Crippen molar-refractivity contribution >= 4 is 11.8 Å². The minimum Gasteiger partial charge on any atom is -0.452 e. The molecule has 1 N–H and O–H groups in total. The highest BCUT2D eigenvalue weighted by atomic mass is 16.5. The van der Waals surface area contributed by atoms with Gasteiger partial charge in [0.15, 0.2) is 0 Å². The van der Waals surface area contributed by atoms with Crippen molar-refractivity contribution in [3.8, 4) is 0 Å². The monoisotopic (exact) mass is 252 g/mol. The van der Waals surface area contributed by atoms with Crippen molar-refractivity contribution in [3.05, 3.63) is 29.8 Å². The summed E-state index contributed by atoms with van der Waals surface area (Å²) in [4.78, 5) is 15.3. The molecule has 0 spiro atoms. The van der Waals surface area contributed by atoms with E-state index in [9.17, 15) is 4.79 Å². The normalized spacial score (nSPS) is 10.5. The Bertz CT molecular complexity index is 376. The number of anilines is 1. The Hall–Kier alpha value is -1.59. The fourth-order valence-electron chi connectivity index (χ4n) is 1.52. The maximum Gasteiger partial charge on any atom is 0.414 e. The van der Waals surface area contributed by atoms with E-state index in [1.807, 2.05) is 19.0 Å². The van der Waals surface area contributed by atoms with Crippen molar-refractivity contribution in [3.63, 3.8) is 0 Å². The lowest BCUT2D eigenvalue weighted by molar-refractivity contribution is 0.178. The number of hydrogen-bond donors (Lipinski definition) is 1. The van der Waals surface area contributed by atoms with Crippen LogP contribution in [0.2, 0.25) is 0 Å². The number of likely N-dealkylation sites (N-methyl/N-ethyl adjacent to an activating group) is 1. The molecule has 0 aromatic heterocycles. The average molecular weight is 252 g/mol. The summed E-state index contributed by atoms with van der Waals surface area (Å²) in [6.45, 7) is 1.30. The SMILES string of the molecule is COC(=O)N(CCN(C)C)c1ccc(CO)cc1. The third kappa shape index (κ3) is 4.01. The number of ether oxygens (including phenoxy) is 1. The quantitative estimate of drug-likeness (QED) is 0.858.